The fourth-order valence-corrected chi connectivity index (χ4v) is 2.37. The van der Waals surface area contributed by atoms with Crippen LogP contribution in [0, 0.1) is 10.1 Å². The van der Waals surface area contributed by atoms with Crippen molar-refractivity contribution in [1.29, 1.82) is 0 Å². The molecular weight excluding hydrogens is 340 g/mol. The topological polar surface area (TPSA) is 123 Å². The van der Waals surface area contributed by atoms with Crippen molar-refractivity contribution in [3.8, 4) is 11.3 Å². The number of nitrogens with zero attached hydrogens (tertiary/aromatic N) is 1. The standard InChI is InChI=1S/C18H12N2O6/c21-17(19-12-5-3-4-11(10-12)18(22)23)16-9-8-15(26-16)13-6-1-2-7-14(13)20(24)25/h1-10H,(H,19,21)(H,22,23). The lowest BCUT2D eigenvalue weighted by molar-refractivity contribution is -0.384. The molecule has 0 aliphatic rings. The number of rotatable bonds is 5. The summed E-state index contributed by atoms with van der Waals surface area (Å²) in [6.45, 7) is 0. The highest BCUT2D eigenvalue weighted by molar-refractivity contribution is 6.03. The maximum absolute atomic E-state index is 12.3. The summed E-state index contributed by atoms with van der Waals surface area (Å²) in [7, 11) is 0. The number of amides is 1. The van der Waals surface area contributed by atoms with Gasteiger partial charge in [0.1, 0.15) is 5.76 Å². The van der Waals surface area contributed by atoms with Crippen molar-refractivity contribution >= 4 is 23.3 Å². The molecule has 3 aromatic rings. The van der Waals surface area contributed by atoms with Gasteiger partial charge in [0.15, 0.2) is 5.76 Å². The van der Waals surface area contributed by atoms with Crippen molar-refractivity contribution in [3.63, 3.8) is 0 Å². The lowest BCUT2D eigenvalue weighted by atomic mass is 10.1. The Kier molecular flexibility index (Phi) is 4.48. The van der Waals surface area contributed by atoms with E-state index in [0.717, 1.165) is 0 Å². The van der Waals surface area contributed by atoms with Gasteiger partial charge in [0.25, 0.3) is 11.6 Å². The number of nitrogens with one attached hydrogen (secondary N) is 1. The summed E-state index contributed by atoms with van der Waals surface area (Å²) in [4.78, 5) is 33.8. The minimum absolute atomic E-state index is 0.0304. The second kappa shape index (κ2) is 6.89. The van der Waals surface area contributed by atoms with Crippen LogP contribution in [0.4, 0.5) is 11.4 Å². The number of nitro groups is 1. The number of hydrogen-bond acceptors (Lipinski definition) is 5. The molecule has 2 aromatic carbocycles. The average molecular weight is 352 g/mol. The quantitative estimate of drug-likeness (QED) is 0.532. The van der Waals surface area contributed by atoms with Crippen LogP contribution in [0.2, 0.25) is 0 Å². The summed E-state index contributed by atoms with van der Waals surface area (Å²) in [6.07, 6.45) is 0. The van der Waals surface area contributed by atoms with E-state index < -0.39 is 16.8 Å². The Morgan fingerprint density at radius 1 is 1.04 bits per heavy atom. The molecule has 0 saturated heterocycles. The van der Waals surface area contributed by atoms with Crippen LogP contribution in [-0.4, -0.2) is 21.9 Å². The zero-order valence-electron chi connectivity index (χ0n) is 13.2. The van der Waals surface area contributed by atoms with Gasteiger partial charge in [-0.05, 0) is 36.4 Å². The first-order chi connectivity index (χ1) is 12.5. The number of carboxylic acid groups (broad SMARTS) is 1. The number of benzene rings is 2. The number of carboxylic acids is 1. The van der Waals surface area contributed by atoms with Crippen LogP contribution in [0.3, 0.4) is 0 Å². The van der Waals surface area contributed by atoms with E-state index in [1.165, 1.54) is 54.6 Å². The van der Waals surface area contributed by atoms with Gasteiger partial charge in [0, 0.05) is 11.8 Å². The molecule has 0 bridgehead atoms. The Morgan fingerprint density at radius 3 is 2.54 bits per heavy atom. The molecule has 8 heteroatoms. The molecule has 0 spiro atoms. The third-order valence-corrected chi connectivity index (χ3v) is 3.56. The fourth-order valence-electron chi connectivity index (χ4n) is 2.37. The van der Waals surface area contributed by atoms with Crippen LogP contribution in [0.15, 0.2) is 65.1 Å². The van der Waals surface area contributed by atoms with Crippen molar-refractivity contribution in [1.82, 2.24) is 0 Å². The second-order valence-corrected chi connectivity index (χ2v) is 5.28. The van der Waals surface area contributed by atoms with Crippen molar-refractivity contribution in [2.24, 2.45) is 0 Å². The Labute approximate surface area is 146 Å². The Morgan fingerprint density at radius 2 is 1.81 bits per heavy atom. The zero-order chi connectivity index (χ0) is 18.7. The number of aromatic carboxylic acids is 1. The average Bonchev–Trinajstić information content (AvgIpc) is 3.12. The molecule has 0 aliphatic carbocycles. The summed E-state index contributed by atoms with van der Waals surface area (Å²) < 4.78 is 5.44. The summed E-state index contributed by atoms with van der Waals surface area (Å²) in [5.74, 6) is -1.59. The summed E-state index contributed by atoms with van der Waals surface area (Å²) >= 11 is 0. The number of furan rings is 1. The molecule has 2 N–H and O–H groups in total. The van der Waals surface area contributed by atoms with E-state index in [4.69, 9.17) is 9.52 Å². The molecule has 0 atom stereocenters. The van der Waals surface area contributed by atoms with Gasteiger partial charge in [-0.25, -0.2) is 4.79 Å². The molecular formula is C18H12N2O6. The lowest BCUT2D eigenvalue weighted by Crippen LogP contribution is -2.11. The molecule has 1 heterocycles. The van der Waals surface area contributed by atoms with E-state index in [-0.39, 0.29) is 28.3 Å². The normalized spacial score (nSPS) is 10.3. The van der Waals surface area contributed by atoms with Crippen LogP contribution in [0.1, 0.15) is 20.9 Å². The molecule has 0 unspecified atom stereocenters. The molecule has 0 fully saturated rings. The molecule has 3 rings (SSSR count). The van der Waals surface area contributed by atoms with Gasteiger partial charge in [-0.15, -0.1) is 0 Å². The molecule has 0 saturated carbocycles. The van der Waals surface area contributed by atoms with Gasteiger partial charge >= 0.3 is 5.97 Å². The van der Waals surface area contributed by atoms with E-state index in [1.54, 1.807) is 6.07 Å². The first kappa shape index (κ1) is 16.9. The monoisotopic (exact) mass is 352 g/mol. The van der Waals surface area contributed by atoms with Crippen LogP contribution in [-0.2, 0) is 0 Å². The van der Waals surface area contributed by atoms with Crippen LogP contribution in [0.25, 0.3) is 11.3 Å². The van der Waals surface area contributed by atoms with Crippen molar-refractivity contribution in [2.75, 3.05) is 5.32 Å². The number of nitro benzene ring substituents is 1. The number of carbonyl (C=O) groups is 2. The number of para-hydroxylation sites is 1. The molecule has 130 valence electrons. The van der Waals surface area contributed by atoms with E-state index in [1.807, 2.05) is 0 Å². The maximum atomic E-state index is 12.3. The Balaban J connectivity index is 1.84. The minimum Gasteiger partial charge on any atom is -0.478 e. The molecule has 0 aliphatic heterocycles. The minimum atomic E-state index is -1.11. The van der Waals surface area contributed by atoms with Gasteiger partial charge in [0.05, 0.1) is 16.1 Å². The van der Waals surface area contributed by atoms with Gasteiger partial charge in [0.2, 0.25) is 0 Å². The van der Waals surface area contributed by atoms with Gasteiger partial charge < -0.3 is 14.8 Å². The van der Waals surface area contributed by atoms with Crippen LogP contribution < -0.4 is 5.32 Å². The van der Waals surface area contributed by atoms with Gasteiger partial charge in [-0.3, -0.25) is 14.9 Å². The molecule has 8 nitrogen and oxygen atoms in total. The molecule has 26 heavy (non-hydrogen) atoms. The fraction of sp³-hybridized carbons (Fsp3) is 0. The summed E-state index contributed by atoms with van der Waals surface area (Å²) in [6, 6.07) is 14.6. The zero-order valence-corrected chi connectivity index (χ0v) is 13.2. The molecule has 0 radical (unpaired) electrons. The van der Waals surface area contributed by atoms with E-state index in [9.17, 15) is 19.7 Å². The largest absolute Gasteiger partial charge is 0.478 e. The van der Waals surface area contributed by atoms with Crippen LogP contribution >= 0.6 is 0 Å². The summed E-state index contributed by atoms with van der Waals surface area (Å²) in [5.41, 5.74) is 0.439. The van der Waals surface area contributed by atoms with E-state index in [0.29, 0.717) is 5.69 Å². The smallest absolute Gasteiger partial charge is 0.335 e. The highest BCUT2D eigenvalue weighted by Crippen LogP contribution is 2.31. The van der Waals surface area contributed by atoms with Gasteiger partial charge in [-0.1, -0.05) is 18.2 Å². The van der Waals surface area contributed by atoms with E-state index >= 15 is 0 Å². The predicted molar refractivity (Wildman–Crippen MR) is 92.2 cm³/mol. The van der Waals surface area contributed by atoms with Crippen molar-refractivity contribution < 1.29 is 24.0 Å². The van der Waals surface area contributed by atoms with Crippen molar-refractivity contribution in [2.45, 2.75) is 0 Å². The lowest BCUT2D eigenvalue weighted by Gasteiger charge is -2.04. The maximum Gasteiger partial charge on any atom is 0.335 e. The SMILES string of the molecule is O=C(O)c1cccc(NC(=O)c2ccc(-c3ccccc3[N+](=O)[O-])o2)c1. The third-order valence-electron chi connectivity index (χ3n) is 3.56. The number of carbonyl (C=O) groups excluding carboxylic acids is 1. The van der Waals surface area contributed by atoms with Crippen molar-refractivity contribution in [3.05, 3.63) is 82.1 Å². The Bertz CT molecular complexity index is 1010. The number of anilines is 1. The summed E-state index contributed by atoms with van der Waals surface area (Å²) in [5, 5.41) is 22.6. The highest BCUT2D eigenvalue weighted by Gasteiger charge is 2.19. The van der Waals surface area contributed by atoms with E-state index in [2.05, 4.69) is 5.32 Å². The Hall–Kier alpha value is -3.94. The first-order valence-corrected chi connectivity index (χ1v) is 7.44. The van der Waals surface area contributed by atoms with Gasteiger partial charge in [-0.2, -0.15) is 0 Å². The second-order valence-electron chi connectivity index (χ2n) is 5.28. The predicted octanol–water partition coefficient (Wildman–Crippen LogP) is 3.81. The molecule has 1 aromatic heterocycles. The van der Waals surface area contributed by atoms with Crippen LogP contribution in [0.5, 0.6) is 0 Å². The third kappa shape index (κ3) is 3.44. The first-order valence-electron chi connectivity index (χ1n) is 7.44. The number of hydrogen-bond donors (Lipinski definition) is 2. The highest BCUT2D eigenvalue weighted by atomic mass is 16.6. The molecule has 1 amide bonds.